The second-order valence-corrected chi connectivity index (χ2v) is 5.02. The van der Waals surface area contributed by atoms with Gasteiger partial charge in [-0.15, -0.1) is 0 Å². The fourth-order valence-electron chi connectivity index (χ4n) is 2.56. The lowest BCUT2D eigenvalue weighted by atomic mass is 10.1. The first-order valence-corrected chi connectivity index (χ1v) is 6.25. The Morgan fingerprint density at radius 1 is 0.682 bits per heavy atom. The Morgan fingerprint density at radius 2 is 1.05 bits per heavy atom. The third-order valence-electron chi connectivity index (χ3n) is 3.66. The van der Waals surface area contributed by atoms with Gasteiger partial charge in [-0.05, 0) is 24.3 Å². The Balaban J connectivity index is 2.33. The number of halogens is 6. The number of rotatable bonds is 0. The van der Waals surface area contributed by atoms with Crippen molar-refractivity contribution in [3.63, 3.8) is 0 Å². The number of fused-ring (bicyclic) bond motifs is 3. The number of hydrogen-bond acceptors (Lipinski definition) is 0. The van der Waals surface area contributed by atoms with Crippen LogP contribution in [0.4, 0.5) is 26.3 Å². The van der Waals surface area contributed by atoms with E-state index < -0.39 is 23.5 Å². The molecule has 0 saturated heterocycles. The van der Waals surface area contributed by atoms with Gasteiger partial charge in [-0.25, -0.2) is 0 Å². The zero-order valence-electron chi connectivity index (χ0n) is 11.2. The van der Waals surface area contributed by atoms with Crippen LogP contribution in [0, 0.1) is 0 Å². The number of nitrogens with zero attached hydrogens (tertiary/aromatic N) is 1. The summed E-state index contributed by atoms with van der Waals surface area (Å²) < 4.78 is 77.9. The maximum atomic E-state index is 12.8. The van der Waals surface area contributed by atoms with Gasteiger partial charge in [-0.2, -0.15) is 26.3 Å². The average Bonchev–Trinajstić information content (AvgIpc) is 2.70. The van der Waals surface area contributed by atoms with Crippen LogP contribution in [0.1, 0.15) is 11.1 Å². The standard InChI is InChI=1S/C15H9F6N/c1-22-12-6-8(14(16,17)18)2-4-10(12)11-5-3-9(7-13(11)22)15(19,20)21/h2-7H,1H3. The first-order valence-electron chi connectivity index (χ1n) is 6.25. The molecular weight excluding hydrogens is 308 g/mol. The van der Waals surface area contributed by atoms with Crippen LogP contribution < -0.4 is 0 Å². The Labute approximate surface area is 120 Å². The fourth-order valence-corrected chi connectivity index (χ4v) is 2.56. The fraction of sp³-hybridized carbons (Fsp3) is 0.200. The molecule has 0 saturated carbocycles. The molecule has 0 fully saturated rings. The quantitative estimate of drug-likeness (QED) is 0.491. The number of aromatic nitrogens is 1. The average molecular weight is 317 g/mol. The zero-order valence-corrected chi connectivity index (χ0v) is 11.2. The van der Waals surface area contributed by atoms with E-state index in [0.29, 0.717) is 10.8 Å². The summed E-state index contributed by atoms with van der Waals surface area (Å²) in [4.78, 5) is 0. The third kappa shape index (κ3) is 2.20. The molecule has 1 heterocycles. The number of hydrogen-bond donors (Lipinski definition) is 0. The Kier molecular flexibility index (Phi) is 2.95. The summed E-state index contributed by atoms with van der Waals surface area (Å²) in [7, 11) is 1.45. The van der Waals surface area contributed by atoms with E-state index in [1.807, 2.05) is 0 Å². The molecule has 0 amide bonds. The van der Waals surface area contributed by atoms with Crippen LogP contribution in [-0.4, -0.2) is 4.57 Å². The van der Waals surface area contributed by atoms with Crippen molar-refractivity contribution < 1.29 is 26.3 Å². The van der Waals surface area contributed by atoms with Gasteiger partial charge >= 0.3 is 12.4 Å². The van der Waals surface area contributed by atoms with Crippen LogP contribution in [0.25, 0.3) is 21.8 Å². The molecule has 2 aromatic carbocycles. The normalized spacial score (nSPS) is 13.2. The van der Waals surface area contributed by atoms with E-state index in [2.05, 4.69) is 0 Å². The first kappa shape index (κ1) is 14.7. The Hall–Kier alpha value is -2.18. The van der Waals surface area contributed by atoms with Gasteiger partial charge < -0.3 is 4.57 Å². The molecule has 3 rings (SSSR count). The van der Waals surface area contributed by atoms with Crippen LogP contribution in [0.3, 0.4) is 0 Å². The van der Waals surface area contributed by atoms with Crippen molar-refractivity contribution in [1.82, 2.24) is 4.57 Å². The van der Waals surface area contributed by atoms with Crippen molar-refractivity contribution in [3.05, 3.63) is 47.5 Å². The highest BCUT2D eigenvalue weighted by molar-refractivity contribution is 6.08. The highest BCUT2D eigenvalue weighted by Gasteiger charge is 2.32. The van der Waals surface area contributed by atoms with Crippen LogP contribution >= 0.6 is 0 Å². The van der Waals surface area contributed by atoms with Gasteiger partial charge in [-0.1, -0.05) is 12.1 Å². The van der Waals surface area contributed by atoms with Gasteiger partial charge in [0.1, 0.15) is 0 Å². The van der Waals surface area contributed by atoms with Crippen LogP contribution in [0.5, 0.6) is 0 Å². The second kappa shape index (κ2) is 4.41. The Bertz CT molecular complexity index is 798. The molecule has 0 atom stereocenters. The van der Waals surface area contributed by atoms with E-state index in [9.17, 15) is 26.3 Å². The van der Waals surface area contributed by atoms with Crippen molar-refractivity contribution >= 4 is 21.8 Å². The van der Waals surface area contributed by atoms with E-state index in [0.717, 1.165) is 24.3 Å². The molecule has 0 unspecified atom stereocenters. The lowest BCUT2D eigenvalue weighted by Gasteiger charge is -2.07. The minimum absolute atomic E-state index is 0.240. The largest absolute Gasteiger partial charge is 0.416 e. The molecule has 7 heteroatoms. The van der Waals surface area contributed by atoms with Gasteiger partial charge in [-0.3, -0.25) is 0 Å². The molecule has 0 spiro atoms. The highest BCUT2D eigenvalue weighted by atomic mass is 19.4. The SMILES string of the molecule is Cn1c2cc(C(F)(F)F)ccc2c2ccc(C(F)(F)F)cc21. The summed E-state index contributed by atoms with van der Waals surface area (Å²) in [5.41, 5.74) is -1.18. The topological polar surface area (TPSA) is 4.93 Å². The monoisotopic (exact) mass is 317 g/mol. The maximum absolute atomic E-state index is 12.8. The van der Waals surface area contributed by atoms with E-state index in [4.69, 9.17) is 0 Å². The summed E-state index contributed by atoms with van der Waals surface area (Å²) in [5.74, 6) is 0. The molecule has 0 aliphatic heterocycles. The van der Waals surface area contributed by atoms with Gasteiger partial charge in [0.15, 0.2) is 0 Å². The number of aryl methyl sites for hydroxylation is 1. The van der Waals surface area contributed by atoms with E-state index in [1.165, 1.54) is 23.7 Å². The van der Waals surface area contributed by atoms with Crippen LogP contribution in [0.15, 0.2) is 36.4 Å². The number of benzene rings is 2. The van der Waals surface area contributed by atoms with E-state index >= 15 is 0 Å². The minimum Gasteiger partial charge on any atom is -0.344 e. The van der Waals surface area contributed by atoms with Crippen molar-refractivity contribution in [2.45, 2.75) is 12.4 Å². The molecule has 0 N–H and O–H groups in total. The van der Waals surface area contributed by atoms with Gasteiger partial charge in [0, 0.05) is 28.9 Å². The summed E-state index contributed by atoms with van der Waals surface area (Å²) >= 11 is 0. The lowest BCUT2D eigenvalue weighted by molar-refractivity contribution is -0.138. The summed E-state index contributed by atoms with van der Waals surface area (Å²) in [6.45, 7) is 0. The number of alkyl halides is 6. The molecule has 0 radical (unpaired) electrons. The predicted octanol–water partition coefficient (Wildman–Crippen LogP) is 5.37. The first-order chi connectivity index (χ1) is 10.1. The zero-order chi connectivity index (χ0) is 16.3. The highest BCUT2D eigenvalue weighted by Crippen LogP contribution is 2.37. The van der Waals surface area contributed by atoms with Crippen molar-refractivity contribution in [3.8, 4) is 0 Å². The molecular formula is C15H9F6N. The van der Waals surface area contributed by atoms with E-state index in [1.54, 1.807) is 0 Å². The molecule has 22 heavy (non-hydrogen) atoms. The molecule has 1 nitrogen and oxygen atoms in total. The van der Waals surface area contributed by atoms with Crippen molar-refractivity contribution in [2.24, 2.45) is 7.05 Å². The Morgan fingerprint density at radius 3 is 1.36 bits per heavy atom. The minimum atomic E-state index is -4.50. The van der Waals surface area contributed by atoms with Crippen molar-refractivity contribution in [1.29, 1.82) is 0 Å². The smallest absolute Gasteiger partial charge is 0.344 e. The molecule has 0 aliphatic rings. The summed E-state index contributed by atoms with van der Waals surface area (Å²) in [6, 6.07) is 6.32. The van der Waals surface area contributed by atoms with Gasteiger partial charge in [0.2, 0.25) is 0 Å². The van der Waals surface area contributed by atoms with Gasteiger partial charge in [0.25, 0.3) is 0 Å². The predicted molar refractivity (Wildman–Crippen MR) is 70.4 cm³/mol. The molecule has 0 aliphatic carbocycles. The van der Waals surface area contributed by atoms with Crippen molar-refractivity contribution in [2.75, 3.05) is 0 Å². The summed E-state index contributed by atoms with van der Waals surface area (Å²) in [6.07, 6.45) is -9.00. The lowest BCUT2D eigenvalue weighted by Crippen LogP contribution is -2.05. The van der Waals surface area contributed by atoms with Crippen LogP contribution in [-0.2, 0) is 19.4 Å². The molecule has 0 bridgehead atoms. The van der Waals surface area contributed by atoms with Gasteiger partial charge in [0.05, 0.1) is 11.1 Å². The molecule has 116 valence electrons. The molecule has 3 aromatic rings. The second-order valence-electron chi connectivity index (χ2n) is 5.02. The maximum Gasteiger partial charge on any atom is 0.416 e. The van der Waals surface area contributed by atoms with Crippen LogP contribution in [0.2, 0.25) is 0 Å². The summed E-state index contributed by atoms with van der Waals surface area (Å²) in [5, 5.41) is 0.971. The molecule has 1 aromatic heterocycles. The third-order valence-corrected chi connectivity index (χ3v) is 3.66. The van der Waals surface area contributed by atoms with E-state index in [-0.39, 0.29) is 11.0 Å².